The molecule has 0 bridgehead atoms. The van der Waals surface area contributed by atoms with Gasteiger partial charge in [-0.25, -0.2) is 13.1 Å². The Hall–Kier alpha value is -2.42. The molecule has 0 atom stereocenters. The zero-order chi connectivity index (χ0) is 18.7. The molecule has 0 amide bonds. The summed E-state index contributed by atoms with van der Waals surface area (Å²) in [6.07, 6.45) is 0. The lowest BCUT2D eigenvalue weighted by molar-refractivity contribution is 0.375. The number of aryl methyl sites for hydroxylation is 1. The maximum atomic E-state index is 12.5. The molecule has 0 aliphatic rings. The van der Waals surface area contributed by atoms with Crippen molar-refractivity contribution in [1.29, 1.82) is 0 Å². The van der Waals surface area contributed by atoms with E-state index < -0.39 is 10.0 Å². The highest BCUT2D eigenvalue weighted by molar-refractivity contribution is 7.89. The quantitative estimate of drug-likeness (QED) is 0.691. The van der Waals surface area contributed by atoms with Crippen LogP contribution in [0.5, 0.6) is 5.75 Å². The molecule has 0 radical (unpaired) electrons. The van der Waals surface area contributed by atoms with Gasteiger partial charge in [0.15, 0.2) is 0 Å². The number of halogens is 1. The molecule has 0 aliphatic carbocycles. The summed E-state index contributed by atoms with van der Waals surface area (Å²) >= 11 is 5.89. The van der Waals surface area contributed by atoms with Crippen molar-refractivity contribution in [3.05, 3.63) is 58.9 Å². The Kier molecular flexibility index (Phi) is 5.26. The third-order valence-electron chi connectivity index (χ3n) is 3.57. The Morgan fingerprint density at radius 2 is 2.04 bits per heavy atom. The molecule has 1 N–H and O–H groups in total. The summed E-state index contributed by atoms with van der Waals surface area (Å²) in [5.41, 5.74) is 1.85. The van der Waals surface area contributed by atoms with Crippen LogP contribution >= 0.6 is 11.6 Å². The largest absolute Gasteiger partial charge is 0.495 e. The number of aromatic nitrogens is 2. The fourth-order valence-electron chi connectivity index (χ4n) is 2.32. The van der Waals surface area contributed by atoms with Gasteiger partial charge in [0.1, 0.15) is 10.6 Å². The number of benzene rings is 2. The van der Waals surface area contributed by atoms with Crippen LogP contribution in [0.4, 0.5) is 0 Å². The van der Waals surface area contributed by atoms with Crippen molar-refractivity contribution in [1.82, 2.24) is 14.9 Å². The summed E-state index contributed by atoms with van der Waals surface area (Å²) in [7, 11) is -2.49. The normalized spacial score (nSPS) is 11.5. The monoisotopic (exact) mass is 393 g/mol. The summed E-state index contributed by atoms with van der Waals surface area (Å²) in [6, 6.07) is 11.9. The van der Waals surface area contributed by atoms with Gasteiger partial charge < -0.3 is 9.26 Å². The van der Waals surface area contributed by atoms with Crippen LogP contribution in [0.2, 0.25) is 5.02 Å². The Morgan fingerprint density at radius 3 is 2.77 bits per heavy atom. The highest BCUT2D eigenvalue weighted by atomic mass is 35.5. The maximum absolute atomic E-state index is 12.5. The third kappa shape index (κ3) is 4.04. The summed E-state index contributed by atoms with van der Waals surface area (Å²) in [5.74, 6) is 0.724. The average molecular weight is 394 g/mol. The molecule has 0 fully saturated rings. The number of rotatable bonds is 6. The molecule has 26 heavy (non-hydrogen) atoms. The number of nitrogens with one attached hydrogen (secondary N) is 1. The van der Waals surface area contributed by atoms with Crippen molar-refractivity contribution in [2.24, 2.45) is 0 Å². The number of hydrogen-bond acceptors (Lipinski definition) is 6. The molecule has 0 unspecified atom stereocenters. The first-order valence-corrected chi connectivity index (χ1v) is 9.48. The van der Waals surface area contributed by atoms with Gasteiger partial charge in [-0.1, -0.05) is 40.5 Å². The molecule has 0 spiro atoms. The standard InChI is InChI=1S/C17H16ClN3O4S/c1-11-4-3-5-12(8-11)17-20-16(25-21-17)10-19-26(22,23)15-9-13(18)6-7-14(15)24-2/h3-9,19H,10H2,1-2H3. The predicted octanol–water partition coefficient (Wildman–Crippen LogP) is 3.19. The minimum atomic E-state index is -3.87. The summed E-state index contributed by atoms with van der Waals surface area (Å²) in [4.78, 5) is 4.15. The lowest BCUT2D eigenvalue weighted by Crippen LogP contribution is -2.24. The van der Waals surface area contributed by atoms with E-state index in [1.165, 1.54) is 19.2 Å². The van der Waals surface area contributed by atoms with Crippen LogP contribution in [0.1, 0.15) is 11.5 Å². The molecule has 7 nitrogen and oxygen atoms in total. The topological polar surface area (TPSA) is 94.3 Å². The zero-order valence-corrected chi connectivity index (χ0v) is 15.6. The fourth-order valence-corrected chi connectivity index (χ4v) is 3.73. The molecule has 9 heteroatoms. The second-order valence-electron chi connectivity index (χ2n) is 5.50. The minimum absolute atomic E-state index is 0.0640. The molecule has 0 aliphatic heterocycles. The van der Waals surface area contributed by atoms with Gasteiger partial charge in [-0.3, -0.25) is 0 Å². The van der Waals surface area contributed by atoms with E-state index in [9.17, 15) is 8.42 Å². The van der Waals surface area contributed by atoms with Crippen molar-refractivity contribution >= 4 is 21.6 Å². The van der Waals surface area contributed by atoms with Crippen LogP contribution in [0, 0.1) is 6.92 Å². The first kappa shape index (κ1) is 18.4. The van der Waals surface area contributed by atoms with Crippen LogP contribution < -0.4 is 9.46 Å². The molecular formula is C17H16ClN3O4S. The van der Waals surface area contributed by atoms with Crippen LogP contribution in [0.15, 0.2) is 51.9 Å². The molecule has 2 aromatic carbocycles. The van der Waals surface area contributed by atoms with Crippen LogP contribution in [-0.2, 0) is 16.6 Å². The van der Waals surface area contributed by atoms with Gasteiger partial charge in [0.05, 0.1) is 13.7 Å². The van der Waals surface area contributed by atoms with E-state index in [1.807, 2.05) is 31.2 Å². The summed E-state index contributed by atoms with van der Waals surface area (Å²) < 4.78 is 37.7. The number of nitrogens with zero attached hydrogens (tertiary/aromatic N) is 2. The van der Waals surface area contributed by atoms with Crippen molar-refractivity contribution in [3.8, 4) is 17.1 Å². The average Bonchev–Trinajstić information content (AvgIpc) is 3.09. The number of methoxy groups -OCH3 is 1. The predicted molar refractivity (Wildman–Crippen MR) is 96.5 cm³/mol. The van der Waals surface area contributed by atoms with E-state index >= 15 is 0 Å². The molecule has 136 valence electrons. The van der Waals surface area contributed by atoms with Crippen LogP contribution in [-0.4, -0.2) is 25.7 Å². The first-order chi connectivity index (χ1) is 12.4. The highest BCUT2D eigenvalue weighted by Crippen LogP contribution is 2.27. The zero-order valence-electron chi connectivity index (χ0n) is 14.1. The molecule has 3 aromatic rings. The molecule has 1 heterocycles. The first-order valence-electron chi connectivity index (χ1n) is 7.62. The van der Waals surface area contributed by atoms with Gasteiger partial charge in [0.2, 0.25) is 21.7 Å². The van der Waals surface area contributed by atoms with Gasteiger partial charge in [0.25, 0.3) is 0 Å². The number of sulfonamides is 1. The second kappa shape index (κ2) is 7.45. The maximum Gasteiger partial charge on any atom is 0.244 e. The lowest BCUT2D eigenvalue weighted by Gasteiger charge is -2.09. The highest BCUT2D eigenvalue weighted by Gasteiger charge is 2.21. The van der Waals surface area contributed by atoms with Gasteiger partial charge in [-0.15, -0.1) is 0 Å². The van der Waals surface area contributed by atoms with E-state index in [1.54, 1.807) is 6.07 Å². The van der Waals surface area contributed by atoms with E-state index in [4.69, 9.17) is 20.9 Å². The Morgan fingerprint density at radius 1 is 1.23 bits per heavy atom. The lowest BCUT2D eigenvalue weighted by atomic mass is 10.1. The Labute approximate surface area is 156 Å². The van der Waals surface area contributed by atoms with E-state index in [2.05, 4.69) is 14.9 Å². The molecule has 3 rings (SSSR count). The van der Waals surface area contributed by atoms with E-state index in [-0.39, 0.29) is 28.1 Å². The van der Waals surface area contributed by atoms with Crippen molar-refractivity contribution < 1.29 is 17.7 Å². The van der Waals surface area contributed by atoms with Crippen LogP contribution in [0.25, 0.3) is 11.4 Å². The number of ether oxygens (including phenoxy) is 1. The molecule has 1 aromatic heterocycles. The fraction of sp³-hybridized carbons (Fsp3) is 0.176. The van der Waals surface area contributed by atoms with Crippen molar-refractivity contribution in [2.45, 2.75) is 18.4 Å². The Balaban J connectivity index is 1.78. The van der Waals surface area contributed by atoms with E-state index in [0.717, 1.165) is 11.1 Å². The van der Waals surface area contributed by atoms with E-state index in [0.29, 0.717) is 5.82 Å². The molecule has 0 saturated carbocycles. The SMILES string of the molecule is COc1ccc(Cl)cc1S(=O)(=O)NCc1nc(-c2cccc(C)c2)no1. The smallest absolute Gasteiger partial charge is 0.244 e. The second-order valence-corrected chi connectivity index (χ2v) is 7.67. The molecular weight excluding hydrogens is 378 g/mol. The third-order valence-corrected chi connectivity index (χ3v) is 5.23. The minimum Gasteiger partial charge on any atom is -0.495 e. The summed E-state index contributed by atoms with van der Waals surface area (Å²) in [5, 5.41) is 4.17. The van der Waals surface area contributed by atoms with Crippen molar-refractivity contribution in [2.75, 3.05) is 7.11 Å². The number of hydrogen-bond donors (Lipinski definition) is 1. The van der Waals surface area contributed by atoms with Crippen LogP contribution in [0.3, 0.4) is 0 Å². The van der Waals surface area contributed by atoms with Crippen molar-refractivity contribution in [3.63, 3.8) is 0 Å². The van der Waals surface area contributed by atoms with Gasteiger partial charge in [0, 0.05) is 10.6 Å². The molecule has 0 saturated heterocycles. The van der Waals surface area contributed by atoms with Gasteiger partial charge in [-0.2, -0.15) is 4.98 Å². The van der Waals surface area contributed by atoms with Gasteiger partial charge in [-0.05, 0) is 31.2 Å². The Bertz CT molecular complexity index is 1030. The van der Waals surface area contributed by atoms with Gasteiger partial charge >= 0.3 is 0 Å². The summed E-state index contributed by atoms with van der Waals surface area (Å²) in [6.45, 7) is 1.80.